The molecule has 0 aliphatic carbocycles. The number of hydrogen-bond acceptors (Lipinski definition) is 5. The molecule has 2 aromatic rings. The first-order valence-corrected chi connectivity index (χ1v) is 11.2. The fraction of sp³-hybridized carbons (Fsp3) is 0.440. The molecule has 1 spiro atoms. The summed E-state index contributed by atoms with van der Waals surface area (Å²) in [5, 5.41) is 0.648. The van der Waals surface area contributed by atoms with E-state index in [0.29, 0.717) is 17.4 Å². The number of anilines is 1. The Bertz CT molecular complexity index is 1020. The molecule has 2 aromatic carbocycles. The summed E-state index contributed by atoms with van der Waals surface area (Å²) < 4.78 is 11.3. The van der Waals surface area contributed by atoms with E-state index in [4.69, 9.17) is 21.1 Å². The molecular formula is C25H26ClNO4. The molecule has 31 heavy (non-hydrogen) atoms. The van der Waals surface area contributed by atoms with E-state index in [1.54, 1.807) is 19.9 Å². The highest BCUT2D eigenvalue weighted by atomic mass is 35.5. The molecule has 2 fully saturated rings. The van der Waals surface area contributed by atoms with Gasteiger partial charge in [-0.1, -0.05) is 48.0 Å². The Labute approximate surface area is 187 Å². The van der Waals surface area contributed by atoms with E-state index < -0.39 is 23.1 Å². The second-order valence-electron chi connectivity index (χ2n) is 9.39. The molecule has 0 saturated carbocycles. The van der Waals surface area contributed by atoms with Gasteiger partial charge in [-0.05, 0) is 48.4 Å². The van der Waals surface area contributed by atoms with Crippen LogP contribution in [0.25, 0.3) is 0 Å². The monoisotopic (exact) mass is 439 g/mol. The minimum atomic E-state index is -1.36. The Balaban J connectivity index is 1.55. The maximum atomic E-state index is 13.4. The molecular weight excluding hydrogens is 414 g/mol. The number of fused-ring (bicyclic) bond motifs is 4. The number of hydrogen-bond donors (Lipinski definition) is 0. The average Bonchev–Trinajstić information content (AvgIpc) is 2.72. The Morgan fingerprint density at radius 1 is 1.06 bits per heavy atom. The third kappa shape index (κ3) is 3.39. The summed E-state index contributed by atoms with van der Waals surface area (Å²) in [5.41, 5.74) is 1.85. The Morgan fingerprint density at radius 2 is 1.77 bits per heavy atom. The molecule has 0 bridgehead atoms. The lowest BCUT2D eigenvalue weighted by Gasteiger charge is -2.54. The number of rotatable bonds is 2. The summed E-state index contributed by atoms with van der Waals surface area (Å²) in [5.74, 6) is -1.85. The highest BCUT2D eigenvalue weighted by Crippen LogP contribution is 2.51. The van der Waals surface area contributed by atoms with Crippen LogP contribution in [0.15, 0.2) is 48.5 Å². The molecule has 0 aromatic heterocycles. The number of esters is 2. The van der Waals surface area contributed by atoms with E-state index in [2.05, 4.69) is 17.0 Å². The molecule has 3 aliphatic rings. The van der Waals surface area contributed by atoms with Crippen molar-refractivity contribution in [3.63, 3.8) is 0 Å². The predicted octanol–water partition coefficient (Wildman–Crippen LogP) is 4.55. The van der Waals surface area contributed by atoms with Crippen LogP contribution < -0.4 is 4.90 Å². The minimum Gasteiger partial charge on any atom is -0.422 e. The van der Waals surface area contributed by atoms with Crippen LogP contribution in [0.1, 0.15) is 37.8 Å². The van der Waals surface area contributed by atoms with E-state index >= 15 is 0 Å². The zero-order chi connectivity index (χ0) is 21.8. The molecule has 3 heterocycles. The number of ether oxygens (including phenoxy) is 2. The summed E-state index contributed by atoms with van der Waals surface area (Å²) in [6.07, 6.45) is 2.88. The molecule has 2 saturated heterocycles. The van der Waals surface area contributed by atoms with Crippen molar-refractivity contribution in [1.29, 1.82) is 0 Å². The number of carbonyl (C=O) groups is 2. The van der Waals surface area contributed by atoms with Gasteiger partial charge in [-0.15, -0.1) is 0 Å². The quantitative estimate of drug-likeness (QED) is 0.507. The van der Waals surface area contributed by atoms with Crippen LogP contribution in [0, 0.1) is 11.3 Å². The zero-order valence-electron chi connectivity index (χ0n) is 17.8. The van der Waals surface area contributed by atoms with Crippen molar-refractivity contribution in [2.75, 3.05) is 11.4 Å². The SMILES string of the molecule is CC1(C)OC(=O)C2(Cc3ccc(Cl)cc3N3CC[C@@H](Cc4ccccc4)C[C@H]32)C(=O)O1. The van der Waals surface area contributed by atoms with Gasteiger partial charge in [-0.2, -0.15) is 0 Å². The maximum Gasteiger partial charge on any atom is 0.329 e. The normalized spacial score (nSPS) is 26.0. The predicted molar refractivity (Wildman–Crippen MR) is 118 cm³/mol. The van der Waals surface area contributed by atoms with Gasteiger partial charge >= 0.3 is 11.9 Å². The first-order chi connectivity index (χ1) is 14.8. The lowest BCUT2D eigenvalue weighted by molar-refractivity contribution is -0.253. The Morgan fingerprint density at radius 3 is 2.48 bits per heavy atom. The topological polar surface area (TPSA) is 55.8 Å². The van der Waals surface area contributed by atoms with Gasteiger partial charge in [0.25, 0.3) is 5.79 Å². The zero-order valence-corrected chi connectivity index (χ0v) is 18.5. The third-order valence-corrected chi connectivity index (χ3v) is 7.11. The van der Waals surface area contributed by atoms with Gasteiger partial charge in [0.05, 0.1) is 6.04 Å². The molecule has 0 amide bonds. The van der Waals surface area contributed by atoms with Gasteiger partial charge in [0.15, 0.2) is 5.41 Å². The van der Waals surface area contributed by atoms with Crippen molar-refractivity contribution in [1.82, 2.24) is 0 Å². The fourth-order valence-corrected chi connectivity index (χ4v) is 5.61. The van der Waals surface area contributed by atoms with Crippen LogP contribution in [0.3, 0.4) is 0 Å². The number of cyclic esters (lactones) is 2. The van der Waals surface area contributed by atoms with Crippen LogP contribution in [-0.4, -0.2) is 30.3 Å². The molecule has 0 N–H and O–H groups in total. The Kier molecular flexibility index (Phi) is 4.78. The van der Waals surface area contributed by atoms with Crippen molar-refractivity contribution in [2.24, 2.45) is 11.3 Å². The number of benzene rings is 2. The summed E-state index contributed by atoms with van der Waals surface area (Å²) in [6, 6.07) is 15.7. The van der Waals surface area contributed by atoms with Crippen LogP contribution in [0.4, 0.5) is 5.69 Å². The molecule has 2 atom stereocenters. The van der Waals surface area contributed by atoms with Crippen molar-refractivity contribution in [2.45, 2.75) is 51.4 Å². The van der Waals surface area contributed by atoms with E-state index in [1.807, 2.05) is 30.3 Å². The molecule has 162 valence electrons. The van der Waals surface area contributed by atoms with Gasteiger partial charge in [-0.25, -0.2) is 0 Å². The standard InChI is InChI=1S/C25H26ClNO4/c1-24(2)30-22(28)25(23(29)31-24)15-18-8-9-19(26)14-20(18)27-11-10-17(13-21(25)27)12-16-6-4-3-5-7-16/h3-9,14,17,21H,10-13,15H2,1-2H3/t17-,21-/m0/s1. The Hall–Kier alpha value is -2.53. The van der Waals surface area contributed by atoms with Gasteiger partial charge in [0.2, 0.25) is 0 Å². The van der Waals surface area contributed by atoms with E-state index in [0.717, 1.165) is 30.6 Å². The second-order valence-corrected chi connectivity index (χ2v) is 9.83. The van der Waals surface area contributed by atoms with Crippen molar-refractivity contribution < 1.29 is 19.1 Å². The lowest BCUT2D eigenvalue weighted by atomic mass is 9.65. The third-order valence-electron chi connectivity index (χ3n) is 6.88. The van der Waals surface area contributed by atoms with Gasteiger partial charge in [0, 0.05) is 37.5 Å². The maximum absolute atomic E-state index is 13.4. The molecule has 0 radical (unpaired) electrons. The first kappa shape index (κ1) is 20.4. The molecule has 3 aliphatic heterocycles. The van der Waals surface area contributed by atoms with Gasteiger partial charge < -0.3 is 14.4 Å². The van der Waals surface area contributed by atoms with Crippen LogP contribution >= 0.6 is 11.6 Å². The average molecular weight is 440 g/mol. The van der Waals surface area contributed by atoms with Crippen molar-refractivity contribution in [3.8, 4) is 0 Å². The van der Waals surface area contributed by atoms with Crippen LogP contribution in [0.5, 0.6) is 0 Å². The highest BCUT2D eigenvalue weighted by Gasteiger charge is 2.64. The number of carbonyl (C=O) groups excluding carboxylic acids is 2. The fourth-order valence-electron chi connectivity index (χ4n) is 5.45. The first-order valence-electron chi connectivity index (χ1n) is 10.8. The van der Waals surface area contributed by atoms with Crippen molar-refractivity contribution >= 4 is 29.2 Å². The molecule has 0 unspecified atom stereocenters. The number of halogens is 1. The lowest BCUT2D eigenvalue weighted by Crippen LogP contribution is -2.67. The van der Waals surface area contributed by atoms with E-state index in [9.17, 15) is 9.59 Å². The van der Waals surface area contributed by atoms with Gasteiger partial charge in [0.1, 0.15) is 0 Å². The van der Waals surface area contributed by atoms with Crippen LogP contribution in [-0.2, 0) is 31.9 Å². The molecule has 5 nitrogen and oxygen atoms in total. The second kappa shape index (κ2) is 7.27. The van der Waals surface area contributed by atoms with E-state index in [1.165, 1.54) is 5.56 Å². The summed E-state index contributed by atoms with van der Waals surface area (Å²) in [7, 11) is 0. The smallest absolute Gasteiger partial charge is 0.329 e. The summed E-state index contributed by atoms with van der Waals surface area (Å²) in [4.78, 5) is 29.0. The molecule has 6 heteroatoms. The number of piperidine rings is 1. The van der Waals surface area contributed by atoms with E-state index in [-0.39, 0.29) is 12.5 Å². The van der Waals surface area contributed by atoms with Gasteiger partial charge in [-0.3, -0.25) is 9.59 Å². The summed E-state index contributed by atoms with van der Waals surface area (Å²) in [6.45, 7) is 3.95. The summed E-state index contributed by atoms with van der Waals surface area (Å²) >= 11 is 6.31. The highest BCUT2D eigenvalue weighted by molar-refractivity contribution is 6.30. The van der Waals surface area contributed by atoms with Crippen LogP contribution in [0.2, 0.25) is 5.02 Å². The number of nitrogens with zero attached hydrogens (tertiary/aromatic N) is 1. The largest absolute Gasteiger partial charge is 0.422 e. The minimum absolute atomic E-state index is 0.270. The molecule has 5 rings (SSSR count). The van der Waals surface area contributed by atoms with Crippen molar-refractivity contribution in [3.05, 3.63) is 64.7 Å².